The lowest BCUT2D eigenvalue weighted by molar-refractivity contribution is -0.137. The quantitative estimate of drug-likeness (QED) is 0.678. The summed E-state index contributed by atoms with van der Waals surface area (Å²) in [5, 5.41) is 12.0. The van der Waals surface area contributed by atoms with Gasteiger partial charge < -0.3 is 9.73 Å². The molecule has 146 valence electrons. The van der Waals surface area contributed by atoms with Gasteiger partial charge in [0.05, 0.1) is 12.1 Å². The molecule has 0 aliphatic carbocycles. The molecule has 0 spiro atoms. The molecule has 1 aromatic carbocycles. The number of carbonyl (C=O) groups is 1. The molecule has 1 amide bonds. The van der Waals surface area contributed by atoms with Crippen LogP contribution in [0.1, 0.15) is 32.8 Å². The van der Waals surface area contributed by atoms with Crippen LogP contribution in [0.15, 0.2) is 53.2 Å². The maximum absolute atomic E-state index is 12.7. The van der Waals surface area contributed by atoms with Gasteiger partial charge in [0.15, 0.2) is 0 Å². The van der Waals surface area contributed by atoms with E-state index in [0.29, 0.717) is 0 Å². The maximum Gasteiger partial charge on any atom is 0.416 e. The molecule has 8 heteroatoms. The summed E-state index contributed by atoms with van der Waals surface area (Å²) in [6.45, 7) is 1.46. The number of nitrogens with zero attached hydrogens (tertiary/aromatic N) is 2. The number of benzene rings is 1. The lowest BCUT2D eigenvalue weighted by Gasteiger charge is -2.05. The Morgan fingerprint density at radius 3 is 2.62 bits per heavy atom. The van der Waals surface area contributed by atoms with E-state index in [2.05, 4.69) is 17.2 Å². The van der Waals surface area contributed by atoms with Crippen molar-refractivity contribution in [2.24, 2.45) is 0 Å². The molecular weight excluding hydrogens is 383 g/mol. The molecule has 0 saturated heterocycles. The molecular formula is C21H14F3N3O2. The number of nitrogens with one attached hydrogen (secondary N) is 1. The third kappa shape index (κ3) is 4.33. The van der Waals surface area contributed by atoms with Gasteiger partial charge in [0, 0.05) is 18.0 Å². The number of aromatic nitrogens is 1. The van der Waals surface area contributed by atoms with Gasteiger partial charge in [0.1, 0.15) is 23.0 Å². The van der Waals surface area contributed by atoms with Crippen LogP contribution in [0.4, 0.5) is 13.2 Å². The second-order valence-electron chi connectivity index (χ2n) is 5.98. The van der Waals surface area contributed by atoms with E-state index >= 15 is 0 Å². The van der Waals surface area contributed by atoms with Crippen LogP contribution < -0.4 is 5.32 Å². The van der Waals surface area contributed by atoms with Crippen molar-refractivity contribution in [3.8, 4) is 23.8 Å². The van der Waals surface area contributed by atoms with Gasteiger partial charge in [-0.05, 0) is 37.3 Å². The number of hydrogen-bond donors (Lipinski definition) is 1. The number of carbonyl (C=O) groups excluding carboxylic acids is 1. The van der Waals surface area contributed by atoms with Crippen molar-refractivity contribution in [3.05, 3.63) is 76.8 Å². The molecule has 3 rings (SSSR count). The van der Waals surface area contributed by atoms with Crippen LogP contribution >= 0.6 is 0 Å². The van der Waals surface area contributed by atoms with Crippen LogP contribution in [0.5, 0.6) is 0 Å². The third-order valence-electron chi connectivity index (χ3n) is 4.00. The molecule has 2 aromatic heterocycles. The number of alkyl halides is 3. The van der Waals surface area contributed by atoms with Gasteiger partial charge in [-0.2, -0.15) is 18.4 Å². The van der Waals surface area contributed by atoms with Crippen molar-refractivity contribution in [2.75, 3.05) is 6.54 Å². The average Bonchev–Trinajstić information content (AvgIpc) is 3.32. The normalized spacial score (nSPS) is 10.7. The summed E-state index contributed by atoms with van der Waals surface area (Å²) in [5.74, 6) is 5.13. The summed E-state index contributed by atoms with van der Waals surface area (Å²) in [7, 11) is 0. The first-order valence-corrected chi connectivity index (χ1v) is 8.42. The van der Waals surface area contributed by atoms with Gasteiger partial charge in [-0.15, -0.1) is 0 Å². The first-order valence-electron chi connectivity index (χ1n) is 8.42. The Morgan fingerprint density at radius 2 is 1.97 bits per heavy atom. The van der Waals surface area contributed by atoms with Crippen molar-refractivity contribution in [2.45, 2.75) is 13.1 Å². The number of nitriles is 1. The number of halogens is 3. The minimum absolute atomic E-state index is 0.0852. The summed E-state index contributed by atoms with van der Waals surface area (Å²) >= 11 is 0. The Bertz CT molecular complexity index is 1140. The molecule has 0 aliphatic heterocycles. The van der Waals surface area contributed by atoms with E-state index in [1.807, 2.05) is 6.07 Å². The highest BCUT2D eigenvalue weighted by Crippen LogP contribution is 2.29. The Labute approximate surface area is 164 Å². The minimum atomic E-state index is -4.45. The first-order chi connectivity index (χ1) is 13.8. The fourth-order valence-electron chi connectivity index (χ4n) is 2.69. The molecule has 0 fully saturated rings. The fraction of sp³-hybridized carbons (Fsp3) is 0.143. The Kier molecular flexibility index (Phi) is 5.47. The van der Waals surface area contributed by atoms with Gasteiger partial charge in [-0.3, -0.25) is 9.36 Å². The van der Waals surface area contributed by atoms with Gasteiger partial charge in [-0.25, -0.2) is 0 Å². The van der Waals surface area contributed by atoms with E-state index in [1.54, 1.807) is 36.0 Å². The summed E-state index contributed by atoms with van der Waals surface area (Å²) in [4.78, 5) is 12.5. The molecule has 29 heavy (non-hydrogen) atoms. The van der Waals surface area contributed by atoms with Crippen LogP contribution in [0.2, 0.25) is 0 Å². The van der Waals surface area contributed by atoms with Crippen LogP contribution in [0.3, 0.4) is 0 Å². The summed E-state index contributed by atoms with van der Waals surface area (Å²) in [6.07, 6.45) is -1.08. The zero-order valence-corrected chi connectivity index (χ0v) is 15.2. The van der Waals surface area contributed by atoms with Crippen molar-refractivity contribution >= 4 is 5.91 Å². The van der Waals surface area contributed by atoms with Gasteiger partial charge in [-0.1, -0.05) is 17.9 Å². The van der Waals surface area contributed by atoms with E-state index in [-0.39, 0.29) is 34.9 Å². The second-order valence-corrected chi connectivity index (χ2v) is 5.98. The highest BCUT2D eigenvalue weighted by atomic mass is 19.4. The minimum Gasteiger partial charge on any atom is -0.443 e. The Balaban J connectivity index is 1.74. The van der Waals surface area contributed by atoms with Crippen molar-refractivity contribution < 1.29 is 22.4 Å². The zero-order valence-electron chi connectivity index (χ0n) is 15.2. The molecule has 0 saturated carbocycles. The molecule has 0 bridgehead atoms. The fourth-order valence-corrected chi connectivity index (χ4v) is 2.69. The highest BCUT2D eigenvalue weighted by molar-refractivity contribution is 5.98. The molecule has 0 aliphatic rings. The lowest BCUT2D eigenvalue weighted by Crippen LogP contribution is -2.24. The van der Waals surface area contributed by atoms with Gasteiger partial charge in [0.25, 0.3) is 5.91 Å². The van der Waals surface area contributed by atoms with Crippen molar-refractivity contribution in [3.63, 3.8) is 0 Å². The second kappa shape index (κ2) is 7.99. The predicted molar refractivity (Wildman–Crippen MR) is 98.1 cm³/mol. The van der Waals surface area contributed by atoms with Gasteiger partial charge in [0.2, 0.25) is 5.88 Å². The van der Waals surface area contributed by atoms with E-state index in [0.717, 1.165) is 12.1 Å². The van der Waals surface area contributed by atoms with Crippen molar-refractivity contribution in [1.82, 2.24) is 9.88 Å². The van der Waals surface area contributed by atoms with E-state index in [4.69, 9.17) is 4.42 Å². The van der Waals surface area contributed by atoms with Crippen LogP contribution in [0, 0.1) is 30.1 Å². The molecule has 0 unspecified atom stereocenters. The third-order valence-corrected chi connectivity index (χ3v) is 4.00. The maximum atomic E-state index is 12.7. The highest BCUT2D eigenvalue weighted by Gasteiger charge is 2.30. The van der Waals surface area contributed by atoms with Crippen LogP contribution in [0.25, 0.3) is 5.88 Å². The van der Waals surface area contributed by atoms with Crippen molar-refractivity contribution in [1.29, 1.82) is 5.26 Å². The standard InChI is InChI=1S/C21H14F3N3O2/c1-14-18(17(13-25)20(29-14)27-10-2-3-11-27)19(28)26-9-5-7-15-6-4-8-16(12-15)21(22,23)24/h2-4,6,8,10-12H,9H2,1H3,(H,26,28). The molecule has 1 N–H and O–H groups in total. The smallest absolute Gasteiger partial charge is 0.416 e. The predicted octanol–water partition coefficient (Wildman–Crippen LogP) is 4.05. The zero-order chi connectivity index (χ0) is 21.0. The SMILES string of the molecule is Cc1oc(-n2cccc2)c(C#N)c1C(=O)NCC#Cc1cccc(C(F)(F)F)c1. The lowest BCUT2D eigenvalue weighted by atomic mass is 10.1. The molecule has 3 aromatic rings. The molecule has 5 nitrogen and oxygen atoms in total. The topological polar surface area (TPSA) is 71.0 Å². The monoisotopic (exact) mass is 397 g/mol. The molecule has 0 radical (unpaired) electrons. The van der Waals surface area contributed by atoms with Crippen LogP contribution in [-0.4, -0.2) is 17.0 Å². The van der Waals surface area contributed by atoms with Crippen LogP contribution in [-0.2, 0) is 6.18 Å². The molecule has 2 heterocycles. The Hall–Kier alpha value is -3.91. The molecule has 0 atom stereocenters. The summed E-state index contributed by atoms with van der Waals surface area (Å²) in [5.41, 5.74) is -0.432. The first kappa shape index (κ1) is 19.8. The number of aryl methyl sites for hydroxylation is 1. The van der Waals surface area contributed by atoms with Gasteiger partial charge >= 0.3 is 6.18 Å². The summed E-state index contributed by atoms with van der Waals surface area (Å²) < 4.78 is 45.3. The van der Waals surface area contributed by atoms with E-state index < -0.39 is 17.6 Å². The summed E-state index contributed by atoms with van der Waals surface area (Å²) in [6, 6.07) is 10.1. The number of hydrogen-bond acceptors (Lipinski definition) is 3. The van der Waals surface area contributed by atoms with E-state index in [1.165, 1.54) is 12.1 Å². The Morgan fingerprint density at radius 1 is 1.24 bits per heavy atom. The number of amides is 1. The largest absolute Gasteiger partial charge is 0.443 e. The average molecular weight is 397 g/mol. The number of rotatable bonds is 3. The number of furan rings is 1. The van der Waals surface area contributed by atoms with E-state index in [9.17, 15) is 23.2 Å².